The predicted molar refractivity (Wildman–Crippen MR) is 65.7 cm³/mol. The van der Waals surface area contributed by atoms with Gasteiger partial charge < -0.3 is 9.73 Å². The summed E-state index contributed by atoms with van der Waals surface area (Å²) < 4.78 is 5.42. The molecule has 1 N–H and O–H groups in total. The zero-order valence-corrected chi connectivity index (χ0v) is 9.61. The van der Waals surface area contributed by atoms with Crippen LogP contribution < -0.4 is 5.32 Å². The van der Waals surface area contributed by atoms with Crippen LogP contribution in [0.3, 0.4) is 0 Å². The fourth-order valence-electron chi connectivity index (χ4n) is 2.17. The molecule has 0 aliphatic heterocycles. The van der Waals surface area contributed by atoms with Crippen LogP contribution in [0.1, 0.15) is 24.8 Å². The Morgan fingerprint density at radius 1 is 1.35 bits per heavy atom. The molecule has 3 heteroatoms. The second-order valence-corrected chi connectivity index (χ2v) is 4.63. The third-order valence-corrected chi connectivity index (χ3v) is 3.38. The van der Waals surface area contributed by atoms with E-state index in [-0.39, 0.29) is 5.91 Å². The van der Waals surface area contributed by atoms with E-state index in [1.807, 2.05) is 24.3 Å². The van der Waals surface area contributed by atoms with Gasteiger partial charge in [-0.25, -0.2) is 0 Å². The Balaban J connectivity index is 1.73. The normalized spacial score (nSPS) is 15.8. The Morgan fingerprint density at radius 3 is 2.94 bits per heavy atom. The van der Waals surface area contributed by atoms with Crippen molar-refractivity contribution in [2.24, 2.45) is 0 Å². The minimum atomic E-state index is 0.0984. The molecule has 1 heterocycles. The summed E-state index contributed by atoms with van der Waals surface area (Å²) in [4.78, 5) is 11.8. The highest BCUT2D eigenvalue weighted by atomic mass is 16.3. The van der Waals surface area contributed by atoms with E-state index in [1.165, 1.54) is 6.42 Å². The van der Waals surface area contributed by atoms with Crippen molar-refractivity contribution in [2.75, 3.05) is 0 Å². The van der Waals surface area contributed by atoms with Crippen molar-refractivity contribution in [3.63, 3.8) is 0 Å². The van der Waals surface area contributed by atoms with Crippen LogP contribution in [0.2, 0.25) is 0 Å². The molecule has 17 heavy (non-hydrogen) atoms. The lowest BCUT2D eigenvalue weighted by Gasteiger charge is -2.26. The van der Waals surface area contributed by atoms with Crippen LogP contribution >= 0.6 is 0 Å². The first kappa shape index (κ1) is 10.4. The highest BCUT2D eigenvalue weighted by Crippen LogP contribution is 2.22. The first-order valence-corrected chi connectivity index (χ1v) is 6.07. The quantitative estimate of drug-likeness (QED) is 0.879. The Bertz CT molecular complexity index is 540. The largest absolute Gasteiger partial charge is 0.464 e. The molecule has 0 radical (unpaired) electrons. The molecule has 0 unspecified atom stereocenters. The van der Waals surface area contributed by atoms with E-state index in [1.54, 1.807) is 6.26 Å². The van der Waals surface area contributed by atoms with Crippen molar-refractivity contribution in [1.82, 2.24) is 5.32 Å². The maximum absolute atomic E-state index is 11.8. The number of amides is 1. The summed E-state index contributed by atoms with van der Waals surface area (Å²) in [5.74, 6) is 0.0984. The first-order valence-electron chi connectivity index (χ1n) is 6.07. The maximum atomic E-state index is 11.8. The number of rotatable bonds is 3. The second kappa shape index (κ2) is 4.24. The summed E-state index contributed by atoms with van der Waals surface area (Å²) in [6.45, 7) is 0. The highest BCUT2D eigenvalue weighted by molar-refractivity contribution is 5.87. The van der Waals surface area contributed by atoms with Gasteiger partial charge in [-0.1, -0.05) is 18.2 Å². The smallest absolute Gasteiger partial charge is 0.224 e. The van der Waals surface area contributed by atoms with Crippen LogP contribution in [-0.4, -0.2) is 11.9 Å². The third kappa shape index (κ3) is 2.05. The van der Waals surface area contributed by atoms with Crippen LogP contribution in [0.5, 0.6) is 0 Å². The number of hydrogen-bond donors (Lipinski definition) is 1. The Hall–Kier alpha value is -1.77. The van der Waals surface area contributed by atoms with Gasteiger partial charge in [0.1, 0.15) is 5.58 Å². The second-order valence-electron chi connectivity index (χ2n) is 4.63. The summed E-state index contributed by atoms with van der Waals surface area (Å²) in [7, 11) is 0. The molecule has 1 amide bonds. The van der Waals surface area contributed by atoms with Crippen molar-refractivity contribution in [1.29, 1.82) is 0 Å². The molecule has 0 saturated heterocycles. The van der Waals surface area contributed by atoms with Gasteiger partial charge in [0.05, 0.1) is 12.7 Å². The number of furan rings is 1. The van der Waals surface area contributed by atoms with E-state index in [4.69, 9.17) is 4.42 Å². The lowest BCUT2D eigenvalue weighted by Crippen LogP contribution is -2.40. The predicted octanol–water partition coefficient (Wildman–Crippen LogP) is 2.64. The van der Waals surface area contributed by atoms with E-state index < -0.39 is 0 Å². The minimum Gasteiger partial charge on any atom is -0.464 e. The molecule has 3 nitrogen and oxygen atoms in total. The highest BCUT2D eigenvalue weighted by Gasteiger charge is 2.20. The van der Waals surface area contributed by atoms with Gasteiger partial charge in [-0.15, -0.1) is 0 Å². The maximum Gasteiger partial charge on any atom is 0.224 e. The van der Waals surface area contributed by atoms with Crippen LogP contribution in [0.15, 0.2) is 34.9 Å². The third-order valence-electron chi connectivity index (χ3n) is 3.38. The van der Waals surface area contributed by atoms with Gasteiger partial charge in [0.2, 0.25) is 5.91 Å². The van der Waals surface area contributed by atoms with Crippen LogP contribution in [0, 0.1) is 0 Å². The molecule has 2 aromatic rings. The van der Waals surface area contributed by atoms with E-state index in [0.717, 1.165) is 29.4 Å². The molecule has 0 bridgehead atoms. The minimum absolute atomic E-state index is 0.0984. The molecule has 88 valence electrons. The van der Waals surface area contributed by atoms with Crippen LogP contribution in [0.25, 0.3) is 11.0 Å². The summed E-state index contributed by atoms with van der Waals surface area (Å²) in [5.41, 5.74) is 1.82. The number of fused-ring (bicyclic) bond motifs is 1. The summed E-state index contributed by atoms with van der Waals surface area (Å²) >= 11 is 0. The van der Waals surface area contributed by atoms with Crippen molar-refractivity contribution in [2.45, 2.75) is 31.7 Å². The van der Waals surface area contributed by atoms with Gasteiger partial charge in [0, 0.05) is 17.0 Å². The lowest BCUT2D eigenvalue weighted by atomic mass is 9.93. The molecule has 1 fully saturated rings. The van der Waals surface area contributed by atoms with E-state index >= 15 is 0 Å². The van der Waals surface area contributed by atoms with Gasteiger partial charge >= 0.3 is 0 Å². The van der Waals surface area contributed by atoms with Crippen molar-refractivity contribution in [3.05, 3.63) is 36.1 Å². The number of hydrogen-bond acceptors (Lipinski definition) is 2. The zero-order chi connectivity index (χ0) is 11.7. The van der Waals surface area contributed by atoms with Gasteiger partial charge in [-0.2, -0.15) is 0 Å². The summed E-state index contributed by atoms with van der Waals surface area (Å²) in [6.07, 6.45) is 5.58. The van der Waals surface area contributed by atoms with Crippen molar-refractivity contribution in [3.8, 4) is 0 Å². The molecule has 1 aliphatic rings. The fraction of sp³-hybridized carbons (Fsp3) is 0.357. The number of para-hydroxylation sites is 1. The van der Waals surface area contributed by atoms with Crippen LogP contribution in [0.4, 0.5) is 0 Å². The standard InChI is InChI=1S/C14H15NO2/c16-14(15-11-4-3-5-11)8-10-9-17-13-7-2-1-6-12(10)13/h1-2,6-7,9,11H,3-5,8H2,(H,15,16). The van der Waals surface area contributed by atoms with Gasteiger partial charge in [0.15, 0.2) is 0 Å². The van der Waals surface area contributed by atoms with Crippen LogP contribution in [-0.2, 0) is 11.2 Å². The van der Waals surface area contributed by atoms with Gasteiger partial charge in [0.25, 0.3) is 0 Å². The Labute approximate surface area is 99.8 Å². The molecule has 1 saturated carbocycles. The molecule has 0 atom stereocenters. The molecular formula is C14H15NO2. The number of nitrogens with one attached hydrogen (secondary N) is 1. The first-order chi connectivity index (χ1) is 8.33. The number of benzene rings is 1. The van der Waals surface area contributed by atoms with E-state index in [0.29, 0.717) is 12.5 Å². The number of carbonyl (C=O) groups excluding carboxylic acids is 1. The van der Waals surface area contributed by atoms with Crippen molar-refractivity contribution < 1.29 is 9.21 Å². The van der Waals surface area contributed by atoms with E-state index in [2.05, 4.69) is 5.32 Å². The molecule has 1 aliphatic carbocycles. The lowest BCUT2D eigenvalue weighted by molar-refractivity contribution is -0.121. The van der Waals surface area contributed by atoms with E-state index in [9.17, 15) is 4.79 Å². The monoisotopic (exact) mass is 229 g/mol. The SMILES string of the molecule is O=C(Cc1coc2ccccc12)NC1CCC1. The molecule has 1 aromatic carbocycles. The van der Waals surface area contributed by atoms with Crippen molar-refractivity contribution >= 4 is 16.9 Å². The number of carbonyl (C=O) groups is 1. The zero-order valence-electron chi connectivity index (χ0n) is 9.61. The average Bonchev–Trinajstić information content (AvgIpc) is 2.68. The Morgan fingerprint density at radius 2 is 2.18 bits per heavy atom. The molecule has 1 aromatic heterocycles. The fourth-order valence-corrected chi connectivity index (χ4v) is 2.17. The molecule has 3 rings (SSSR count). The van der Waals surface area contributed by atoms with Gasteiger partial charge in [-0.05, 0) is 25.3 Å². The molecular weight excluding hydrogens is 214 g/mol. The summed E-state index contributed by atoms with van der Waals surface area (Å²) in [6, 6.07) is 8.21. The average molecular weight is 229 g/mol. The summed E-state index contributed by atoms with van der Waals surface area (Å²) in [5, 5.41) is 4.08. The topological polar surface area (TPSA) is 42.2 Å². The molecule has 0 spiro atoms. The van der Waals surface area contributed by atoms with Gasteiger partial charge in [-0.3, -0.25) is 4.79 Å². The Kier molecular flexibility index (Phi) is 2.59.